The molecule has 0 atom stereocenters. The zero-order chi connectivity index (χ0) is 14.6. The average Bonchev–Trinajstić information content (AvgIpc) is 2.47. The fraction of sp³-hybridized carbons (Fsp3) is 0.538. The van der Waals surface area contributed by atoms with Gasteiger partial charge in [-0.1, -0.05) is 5.16 Å². The van der Waals surface area contributed by atoms with E-state index in [-0.39, 0.29) is 5.84 Å². The summed E-state index contributed by atoms with van der Waals surface area (Å²) in [6.45, 7) is 1.66. The Kier molecular flexibility index (Phi) is 4.41. The van der Waals surface area contributed by atoms with Crippen molar-refractivity contribution < 1.29 is 15.1 Å². The first-order valence-electron chi connectivity index (χ1n) is 6.49. The van der Waals surface area contributed by atoms with E-state index in [9.17, 15) is 5.11 Å². The standard InChI is InChI=1S/C13H20N4O3/c1-17(9-13(18)4-6-20-7-5-13)11-3-2-10(8-15-11)12(14)16-19/h2-3,8,18-19H,4-7,9H2,1H3,(H2,14,16). The van der Waals surface area contributed by atoms with Gasteiger partial charge in [-0.3, -0.25) is 0 Å². The minimum absolute atomic E-state index is 0.0229. The second kappa shape index (κ2) is 6.06. The maximum Gasteiger partial charge on any atom is 0.171 e. The molecule has 7 heteroatoms. The van der Waals surface area contributed by atoms with Crippen LogP contribution >= 0.6 is 0 Å². The predicted molar refractivity (Wildman–Crippen MR) is 75.0 cm³/mol. The molecule has 0 spiro atoms. The van der Waals surface area contributed by atoms with E-state index in [1.165, 1.54) is 6.20 Å². The monoisotopic (exact) mass is 280 g/mol. The lowest BCUT2D eigenvalue weighted by Gasteiger charge is -2.35. The highest BCUT2D eigenvalue weighted by Crippen LogP contribution is 2.23. The number of aliphatic hydroxyl groups is 1. The number of pyridine rings is 1. The molecule has 0 aromatic carbocycles. The highest BCUT2D eigenvalue weighted by Gasteiger charge is 2.31. The zero-order valence-electron chi connectivity index (χ0n) is 11.5. The quantitative estimate of drug-likeness (QED) is 0.314. The lowest BCUT2D eigenvalue weighted by Crippen LogP contribution is -2.46. The normalized spacial score (nSPS) is 18.8. The van der Waals surface area contributed by atoms with E-state index in [0.717, 1.165) is 5.82 Å². The summed E-state index contributed by atoms with van der Waals surface area (Å²) >= 11 is 0. The number of aromatic nitrogens is 1. The molecule has 0 radical (unpaired) electrons. The third-order valence-corrected chi connectivity index (χ3v) is 3.50. The van der Waals surface area contributed by atoms with Gasteiger partial charge in [0.2, 0.25) is 0 Å². The van der Waals surface area contributed by atoms with Crippen LogP contribution in [0.5, 0.6) is 0 Å². The smallest absolute Gasteiger partial charge is 0.171 e. The van der Waals surface area contributed by atoms with Gasteiger partial charge < -0.3 is 25.7 Å². The number of anilines is 1. The third-order valence-electron chi connectivity index (χ3n) is 3.50. The Hall–Kier alpha value is -1.86. The van der Waals surface area contributed by atoms with Crippen LogP contribution < -0.4 is 10.6 Å². The van der Waals surface area contributed by atoms with Crippen molar-refractivity contribution in [2.24, 2.45) is 10.9 Å². The van der Waals surface area contributed by atoms with Gasteiger partial charge in [-0.25, -0.2) is 4.98 Å². The maximum absolute atomic E-state index is 10.5. The zero-order valence-corrected chi connectivity index (χ0v) is 11.5. The number of nitrogens with two attached hydrogens (primary N) is 1. The number of hydrogen-bond acceptors (Lipinski definition) is 6. The molecule has 0 amide bonds. The molecule has 1 aliphatic rings. The average molecular weight is 280 g/mol. The molecule has 1 aliphatic heterocycles. The van der Waals surface area contributed by atoms with E-state index in [1.807, 2.05) is 11.9 Å². The van der Waals surface area contributed by atoms with Crippen LogP contribution in [0, 0.1) is 0 Å². The first-order chi connectivity index (χ1) is 9.54. The number of likely N-dealkylation sites (N-methyl/N-ethyl adjacent to an activating group) is 1. The van der Waals surface area contributed by atoms with Crippen LogP contribution in [-0.2, 0) is 4.74 Å². The van der Waals surface area contributed by atoms with E-state index in [1.54, 1.807) is 12.1 Å². The van der Waals surface area contributed by atoms with Crippen LogP contribution in [0.1, 0.15) is 18.4 Å². The number of nitrogens with zero attached hydrogens (tertiary/aromatic N) is 3. The molecule has 1 fully saturated rings. The lowest BCUT2D eigenvalue weighted by molar-refractivity contribution is -0.0573. The maximum atomic E-state index is 10.5. The van der Waals surface area contributed by atoms with Gasteiger partial charge >= 0.3 is 0 Å². The molecule has 0 aliphatic carbocycles. The summed E-state index contributed by atoms with van der Waals surface area (Å²) < 4.78 is 5.26. The Labute approximate surface area is 117 Å². The van der Waals surface area contributed by atoms with Crippen molar-refractivity contribution in [3.8, 4) is 0 Å². The fourth-order valence-electron chi connectivity index (χ4n) is 2.25. The Bertz CT molecular complexity index is 469. The van der Waals surface area contributed by atoms with Crippen LogP contribution in [0.4, 0.5) is 5.82 Å². The number of amidine groups is 1. The Morgan fingerprint density at radius 3 is 2.75 bits per heavy atom. The molecule has 20 heavy (non-hydrogen) atoms. The van der Waals surface area contributed by atoms with Crippen LogP contribution in [-0.4, -0.2) is 53.5 Å². The lowest BCUT2D eigenvalue weighted by atomic mass is 9.94. The van der Waals surface area contributed by atoms with Gasteiger partial charge in [0.15, 0.2) is 5.84 Å². The van der Waals surface area contributed by atoms with Crippen molar-refractivity contribution in [3.63, 3.8) is 0 Å². The summed E-state index contributed by atoms with van der Waals surface area (Å²) in [5.74, 6) is 0.745. The van der Waals surface area contributed by atoms with E-state index in [4.69, 9.17) is 15.7 Å². The van der Waals surface area contributed by atoms with Crippen LogP contribution in [0.2, 0.25) is 0 Å². The van der Waals surface area contributed by atoms with Gasteiger partial charge in [0, 0.05) is 51.4 Å². The number of ether oxygens (including phenoxy) is 1. The van der Waals surface area contributed by atoms with Gasteiger partial charge in [-0.15, -0.1) is 0 Å². The summed E-state index contributed by atoms with van der Waals surface area (Å²) in [6.07, 6.45) is 2.79. The molecular formula is C13H20N4O3. The Balaban J connectivity index is 2.03. The predicted octanol–water partition coefficient (Wildman–Crippen LogP) is 0.154. The highest BCUT2D eigenvalue weighted by molar-refractivity contribution is 5.96. The van der Waals surface area contributed by atoms with Crippen molar-refractivity contribution in [1.82, 2.24) is 4.98 Å². The second-order valence-corrected chi connectivity index (χ2v) is 5.08. The largest absolute Gasteiger partial charge is 0.409 e. The molecule has 0 bridgehead atoms. The van der Waals surface area contributed by atoms with E-state index in [2.05, 4.69) is 10.1 Å². The van der Waals surface area contributed by atoms with Gasteiger partial charge in [0.1, 0.15) is 5.82 Å². The van der Waals surface area contributed by atoms with Crippen LogP contribution in [0.3, 0.4) is 0 Å². The van der Waals surface area contributed by atoms with Gasteiger partial charge in [-0.2, -0.15) is 0 Å². The summed E-state index contributed by atoms with van der Waals surface area (Å²) in [4.78, 5) is 6.15. The molecule has 0 saturated carbocycles. The topological polar surface area (TPSA) is 104 Å². The molecule has 2 rings (SSSR count). The van der Waals surface area contributed by atoms with Crippen molar-refractivity contribution in [2.75, 3.05) is 31.7 Å². The first kappa shape index (κ1) is 14.5. The number of hydrogen-bond donors (Lipinski definition) is 3. The number of oxime groups is 1. The summed E-state index contributed by atoms with van der Waals surface area (Å²) in [6, 6.07) is 3.50. The SMILES string of the molecule is CN(CC1(O)CCOCC1)c1ccc(/C(N)=N/O)cn1. The van der Waals surface area contributed by atoms with Gasteiger partial charge in [0.05, 0.1) is 5.60 Å². The molecule has 0 unspecified atom stereocenters. The second-order valence-electron chi connectivity index (χ2n) is 5.08. The first-order valence-corrected chi connectivity index (χ1v) is 6.49. The highest BCUT2D eigenvalue weighted by atomic mass is 16.5. The van der Waals surface area contributed by atoms with Crippen molar-refractivity contribution in [1.29, 1.82) is 0 Å². The molecule has 7 nitrogen and oxygen atoms in total. The summed E-state index contributed by atoms with van der Waals surface area (Å²) in [5, 5.41) is 22.0. The molecule has 1 saturated heterocycles. The van der Waals surface area contributed by atoms with Crippen molar-refractivity contribution in [3.05, 3.63) is 23.9 Å². The molecule has 4 N–H and O–H groups in total. The molecule has 1 aromatic rings. The molecular weight excluding hydrogens is 260 g/mol. The summed E-state index contributed by atoms with van der Waals surface area (Å²) in [5.41, 5.74) is 5.30. The van der Waals surface area contributed by atoms with Crippen molar-refractivity contribution >= 4 is 11.7 Å². The number of rotatable bonds is 4. The van der Waals surface area contributed by atoms with Gasteiger partial charge in [-0.05, 0) is 12.1 Å². The van der Waals surface area contributed by atoms with Gasteiger partial charge in [0.25, 0.3) is 0 Å². The minimum Gasteiger partial charge on any atom is -0.409 e. The Morgan fingerprint density at radius 2 is 2.20 bits per heavy atom. The Morgan fingerprint density at radius 1 is 1.50 bits per heavy atom. The molecule has 2 heterocycles. The third kappa shape index (κ3) is 3.37. The minimum atomic E-state index is -0.737. The van der Waals surface area contributed by atoms with Crippen LogP contribution in [0.25, 0.3) is 0 Å². The molecule has 1 aromatic heterocycles. The van der Waals surface area contributed by atoms with E-state index < -0.39 is 5.60 Å². The molecule has 110 valence electrons. The van der Waals surface area contributed by atoms with Crippen molar-refractivity contribution in [2.45, 2.75) is 18.4 Å². The van der Waals surface area contributed by atoms with Crippen LogP contribution in [0.15, 0.2) is 23.5 Å². The van der Waals surface area contributed by atoms with E-state index >= 15 is 0 Å². The fourth-order valence-corrected chi connectivity index (χ4v) is 2.25. The summed E-state index contributed by atoms with van der Waals surface area (Å²) in [7, 11) is 1.87. The van der Waals surface area contributed by atoms with E-state index in [0.29, 0.717) is 38.2 Å².